The van der Waals surface area contributed by atoms with E-state index in [1.165, 1.54) is 11.1 Å². The highest BCUT2D eigenvalue weighted by atomic mass is 127. The van der Waals surface area contributed by atoms with Gasteiger partial charge in [0.1, 0.15) is 25.0 Å². The molecule has 0 bridgehead atoms. The second-order valence-electron chi connectivity index (χ2n) is 7.69. The zero-order valence-corrected chi connectivity index (χ0v) is 16.6. The van der Waals surface area contributed by atoms with Crippen molar-refractivity contribution < 1.29 is 38.3 Å². The monoisotopic (exact) mass is 407 g/mol. The van der Waals surface area contributed by atoms with Crippen LogP contribution in [-0.4, -0.2) is 50.0 Å². The van der Waals surface area contributed by atoms with E-state index in [1.807, 2.05) is 6.07 Å². The van der Waals surface area contributed by atoms with Gasteiger partial charge in [0.25, 0.3) is 0 Å². The van der Waals surface area contributed by atoms with Crippen molar-refractivity contribution in [3.05, 3.63) is 29.3 Å². The Bertz CT molecular complexity index is 447. The van der Waals surface area contributed by atoms with Crippen molar-refractivity contribution in [2.45, 2.75) is 39.2 Å². The van der Waals surface area contributed by atoms with Gasteiger partial charge in [0.15, 0.2) is 0 Å². The molecule has 0 saturated carbocycles. The van der Waals surface area contributed by atoms with Gasteiger partial charge in [-0.1, -0.05) is 38.5 Å². The number of likely N-dealkylation sites (N-methyl/N-ethyl adjacent to an activating group) is 1. The summed E-state index contributed by atoms with van der Waals surface area (Å²) in [6.07, 6.45) is -0.455. The number of rotatable bonds is 5. The third-order valence-electron chi connectivity index (χ3n) is 3.13. The van der Waals surface area contributed by atoms with Gasteiger partial charge in [-0.3, -0.25) is 0 Å². The van der Waals surface area contributed by atoms with E-state index in [9.17, 15) is 5.11 Å². The maximum absolute atomic E-state index is 10.1. The van der Waals surface area contributed by atoms with Gasteiger partial charge in [0.05, 0.1) is 21.1 Å². The van der Waals surface area contributed by atoms with E-state index in [1.54, 1.807) is 0 Å². The number of halogens is 1. The van der Waals surface area contributed by atoms with Crippen LogP contribution in [0.4, 0.5) is 0 Å². The van der Waals surface area contributed by atoms with Crippen LogP contribution in [0.2, 0.25) is 0 Å². The molecule has 1 aromatic rings. The van der Waals surface area contributed by atoms with Crippen LogP contribution in [-0.2, 0) is 5.41 Å². The summed E-state index contributed by atoms with van der Waals surface area (Å²) in [5.41, 5.74) is 2.45. The molecule has 0 saturated heterocycles. The van der Waals surface area contributed by atoms with Gasteiger partial charge in [-0.05, 0) is 24.0 Å². The minimum atomic E-state index is -0.455. The summed E-state index contributed by atoms with van der Waals surface area (Å²) in [7, 11) is 6.20. The lowest BCUT2D eigenvalue weighted by Crippen LogP contribution is -3.00. The number of benzene rings is 1. The predicted molar refractivity (Wildman–Crippen MR) is 84.3 cm³/mol. The fraction of sp³-hybridized carbons (Fsp3) is 0.647. The molecule has 1 atom stereocenters. The summed E-state index contributed by atoms with van der Waals surface area (Å²) < 4.78 is 6.59. The van der Waals surface area contributed by atoms with Crippen LogP contribution in [0, 0.1) is 6.92 Å². The van der Waals surface area contributed by atoms with Crippen LogP contribution >= 0.6 is 0 Å². The Labute approximate surface area is 146 Å². The van der Waals surface area contributed by atoms with E-state index < -0.39 is 6.10 Å². The van der Waals surface area contributed by atoms with Crippen molar-refractivity contribution >= 4 is 0 Å². The molecule has 0 amide bonds. The molecule has 1 rings (SSSR count). The van der Waals surface area contributed by atoms with E-state index in [4.69, 9.17) is 4.74 Å². The fourth-order valence-corrected chi connectivity index (χ4v) is 2.23. The summed E-state index contributed by atoms with van der Waals surface area (Å²) in [6.45, 7) is 9.63. The van der Waals surface area contributed by atoms with Gasteiger partial charge in [0.2, 0.25) is 0 Å². The van der Waals surface area contributed by atoms with Crippen molar-refractivity contribution in [1.82, 2.24) is 0 Å². The molecule has 1 N–H and O–H groups in total. The third kappa shape index (κ3) is 7.47. The van der Waals surface area contributed by atoms with E-state index in [-0.39, 0.29) is 29.4 Å². The minimum absolute atomic E-state index is 0. The van der Waals surface area contributed by atoms with Gasteiger partial charge >= 0.3 is 0 Å². The van der Waals surface area contributed by atoms with Crippen molar-refractivity contribution in [2.75, 3.05) is 34.3 Å². The Morgan fingerprint density at radius 2 is 1.76 bits per heavy atom. The number of hydrogen-bond donors (Lipinski definition) is 1. The van der Waals surface area contributed by atoms with Crippen molar-refractivity contribution in [3.63, 3.8) is 0 Å². The number of quaternary nitrogens is 1. The third-order valence-corrected chi connectivity index (χ3v) is 3.13. The largest absolute Gasteiger partial charge is 1.00 e. The highest BCUT2D eigenvalue weighted by Crippen LogP contribution is 2.32. The topological polar surface area (TPSA) is 29.5 Å². The molecular weight excluding hydrogens is 377 g/mol. The zero-order chi connectivity index (χ0) is 15.6. The summed E-state index contributed by atoms with van der Waals surface area (Å²) >= 11 is 0. The van der Waals surface area contributed by atoms with Gasteiger partial charge in [0, 0.05) is 0 Å². The predicted octanol–water partition coefficient (Wildman–Crippen LogP) is -0.258. The molecule has 0 heterocycles. The first kappa shape index (κ1) is 20.7. The molecule has 3 nitrogen and oxygen atoms in total. The van der Waals surface area contributed by atoms with E-state index in [0.29, 0.717) is 13.2 Å². The number of aryl methyl sites for hydroxylation is 1. The summed E-state index contributed by atoms with van der Waals surface area (Å²) in [5, 5.41) is 10.1. The lowest BCUT2D eigenvalue weighted by molar-refractivity contribution is -0.873. The summed E-state index contributed by atoms with van der Waals surface area (Å²) in [6, 6.07) is 6.23. The minimum Gasteiger partial charge on any atom is -1.00 e. The lowest BCUT2D eigenvalue weighted by Gasteiger charge is -2.28. The molecule has 1 unspecified atom stereocenters. The molecule has 0 radical (unpaired) electrons. The first-order chi connectivity index (χ1) is 8.99. The molecule has 0 aromatic heterocycles. The van der Waals surface area contributed by atoms with Crippen molar-refractivity contribution in [2.24, 2.45) is 0 Å². The second-order valence-corrected chi connectivity index (χ2v) is 7.69. The van der Waals surface area contributed by atoms with Crippen LogP contribution in [0.25, 0.3) is 0 Å². The highest BCUT2D eigenvalue weighted by Gasteiger charge is 2.21. The number of nitrogens with zero attached hydrogens (tertiary/aromatic N) is 1. The molecule has 1 aromatic carbocycles. The molecule has 0 fully saturated rings. The first-order valence-electron chi connectivity index (χ1n) is 7.21. The Kier molecular flexibility index (Phi) is 7.67. The van der Waals surface area contributed by atoms with Gasteiger partial charge < -0.3 is 38.3 Å². The number of aliphatic hydroxyl groups is 1. The molecule has 0 aliphatic carbocycles. The average Bonchev–Trinajstić information content (AvgIpc) is 2.23. The number of ether oxygens (including phenoxy) is 1. The zero-order valence-electron chi connectivity index (χ0n) is 14.4. The SMILES string of the molecule is Cc1ccc(OCC(O)C[N+](C)(C)C)c(C(C)(C)C)c1.[I-]. The van der Waals surface area contributed by atoms with E-state index >= 15 is 0 Å². The van der Waals surface area contributed by atoms with E-state index in [2.05, 4.69) is 61.0 Å². The molecule has 0 aliphatic rings. The van der Waals surface area contributed by atoms with Crippen LogP contribution in [0.3, 0.4) is 0 Å². The fourth-order valence-electron chi connectivity index (χ4n) is 2.23. The molecule has 122 valence electrons. The Balaban J connectivity index is 0.00000400. The number of hydrogen-bond acceptors (Lipinski definition) is 2. The molecule has 0 aliphatic heterocycles. The first-order valence-corrected chi connectivity index (χ1v) is 7.21. The van der Waals surface area contributed by atoms with Gasteiger partial charge in [-0.25, -0.2) is 0 Å². The average molecular weight is 407 g/mol. The normalized spacial score (nSPS) is 13.5. The van der Waals surface area contributed by atoms with E-state index in [0.717, 1.165) is 10.2 Å². The van der Waals surface area contributed by atoms with Crippen molar-refractivity contribution in [3.8, 4) is 5.75 Å². The maximum atomic E-state index is 10.1. The van der Waals surface area contributed by atoms with Crippen LogP contribution < -0.4 is 28.7 Å². The van der Waals surface area contributed by atoms with Crippen LogP contribution in [0.1, 0.15) is 31.9 Å². The lowest BCUT2D eigenvalue weighted by atomic mass is 9.85. The van der Waals surface area contributed by atoms with Crippen LogP contribution in [0.15, 0.2) is 18.2 Å². The molecule has 0 spiro atoms. The Morgan fingerprint density at radius 1 is 1.19 bits per heavy atom. The van der Waals surface area contributed by atoms with Crippen LogP contribution in [0.5, 0.6) is 5.75 Å². The molecule has 4 heteroatoms. The smallest absolute Gasteiger partial charge is 0.137 e. The highest BCUT2D eigenvalue weighted by molar-refractivity contribution is 5.41. The molecule has 21 heavy (non-hydrogen) atoms. The Hall–Kier alpha value is -0.330. The standard InChI is InChI=1S/C17H30NO2.HI/c1-13-8-9-16(15(10-13)17(2,3)4)20-12-14(19)11-18(5,6)7;/h8-10,14,19H,11-12H2,1-7H3;1H/q+1;/p-1. The maximum Gasteiger partial charge on any atom is 0.137 e. The number of aliphatic hydroxyl groups excluding tert-OH is 1. The molecular formula is C17H30INO2. The summed E-state index contributed by atoms with van der Waals surface area (Å²) in [5.74, 6) is 0.878. The Morgan fingerprint density at radius 3 is 2.24 bits per heavy atom. The van der Waals surface area contributed by atoms with Crippen molar-refractivity contribution in [1.29, 1.82) is 0 Å². The van der Waals surface area contributed by atoms with Gasteiger partial charge in [-0.2, -0.15) is 0 Å². The van der Waals surface area contributed by atoms with Gasteiger partial charge in [-0.15, -0.1) is 0 Å². The summed E-state index contributed by atoms with van der Waals surface area (Å²) in [4.78, 5) is 0. The second kappa shape index (κ2) is 7.79. The quantitative estimate of drug-likeness (QED) is 0.539.